The highest BCUT2D eigenvalue weighted by Crippen LogP contribution is 2.29. The minimum absolute atomic E-state index is 0.187. The van der Waals surface area contributed by atoms with Gasteiger partial charge in [-0.15, -0.1) is 0 Å². The van der Waals surface area contributed by atoms with Crippen LogP contribution in [0.1, 0.15) is 0 Å². The maximum atomic E-state index is 13.1. The molecular weight excluding hydrogens is 219 g/mol. The Bertz CT molecular complexity index is 530. The third kappa shape index (κ3) is 1.68. The first-order valence-electron chi connectivity index (χ1n) is 4.21. The Hall–Kier alpha value is -1.55. The molecule has 2 aromatic rings. The smallest absolute Gasteiger partial charge is 0.152 e. The van der Waals surface area contributed by atoms with E-state index in [1.165, 1.54) is 19.2 Å². The van der Waals surface area contributed by atoms with Gasteiger partial charge in [-0.1, -0.05) is 11.6 Å². The first-order chi connectivity index (χ1) is 7.11. The van der Waals surface area contributed by atoms with Crippen molar-refractivity contribution in [3.05, 3.63) is 29.2 Å². The van der Waals surface area contributed by atoms with E-state index in [0.29, 0.717) is 22.3 Å². The zero-order valence-electron chi connectivity index (χ0n) is 7.92. The SMILES string of the molecule is COc1cc(F)cc2cc(N)c(Cl)nc12. The molecular formula is C10H8ClFN2O. The quantitative estimate of drug-likeness (QED) is 0.761. The minimum Gasteiger partial charge on any atom is -0.494 e. The summed E-state index contributed by atoms with van der Waals surface area (Å²) in [5.41, 5.74) is 6.38. The maximum absolute atomic E-state index is 13.1. The van der Waals surface area contributed by atoms with Crippen LogP contribution >= 0.6 is 11.6 Å². The van der Waals surface area contributed by atoms with Crippen molar-refractivity contribution in [2.75, 3.05) is 12.8 Å². The highest BCUT2D eigenvalue weighted by molar-refractivity contribution is 6.32. The molecule has 1 aromatic carbocycles. The van der Waals surface area contributed by atoms with Crippen molar-refractivity contribution in [2.24, 2.45) is 0 Å². The molecule has 0 radical (unpaired) electrons. The van der Waals surface area contributed by atoms with E-state index in [1.807, 2.05) is 0 Å². The van der Waals surface area contributed by atoms with Crippen LogP contribution in [0.15, 0.2) is 18.2 Å². The standard InChI is InChI=1S/C10H8ClFN2O/c1-15-8-4-6(12)2-5-3-7(13)10(11)14-9(5)8/h2-4H,13H2,1H3. The van der Waals surface area contributed by atoms with E-state index in [4.69, 9.17) is 22.1 Å². The lowest BCUT2D eigenvalue weighted by atomic mass is 10.2. The summed E-state index contributed by atoms with van der Waals surface area (Å²) in [5.74, 6) is -0.0604. The Morgan fingerprint density at radius 2 is 2.13 bits per heavy atom. The van der Waals surface area contributed by atoms with Gasteiger partial charge in [0.15, 0.2) is 5.15 Å². The molecule has 0 aliphatic carbocycles. The van der Waals surface area contributed by atoms with Gasteiger partial charge in [0.1, 0.15) is 17.1 Å². The molecule has 0 fully saturated rings. The van der Waals surface area contributed by atoms with E-state index in [2.05, 4.69) is 4.98 Å². The number of hydrogen-bond acceptors (Lipinski definition) is 3. The van der Waals surface area contributed by atoms with Gasteiger partial charge >= 0.3 is 0 Å². The molecule has 1 heterocycles. The van der Waals surface area contributed by atoms with Crippen LogP contribution in [0.5, 0.6) is 5.75 Å². The molecule has 2 rings (SSSR count). The number of methoxy groups -OCH3 is 1. The van der Waals surface area contributed by atoms with Gasteiger partial charge in [-0.25, -0.2) is 9.37 Å². The fraction of sp³-hybridized carbons (Fsp3) is 0.100. The van der Waals surface area contributed by atoms with Crippen molar-refractivity contribution < 1.29 is 9.13 Å². The predicted octanol–water partition coefficient (Wildman–Crippen LogP) is 2.62. The van der Waals surface area contributed by atoms with Crippen LogP contribution in [0, 0.1) is 5.82 Å². The highest BCUT2D eigenvalue weighted by Gasteiger charge is 2.08. The average molecular weight is 227 g/mol. The number of nitrogens with two attached hydrogens (primary N) is 1. The van der Waals surface area contributed by atoms with Crippen molar-refractivity contribution in [3.63, 3.8) is 0 Å². The Morgan fingerprint density at radius 3 is 2.80 bits per heavy atom. The summed E-state index contributed by atoms with van der Waals surface area (Å²) >= 11 is 5.77. The molecule has 0 atom stereocenters. The molecule has 0 aliphatic rings. The monoisotopic (exact) mass is 226 g/mol. The number of nitrogens with zero attached hydrogens (tertiary/aromatic N) is 1. The van der Waals surface area contributed by atoms with Gasteiger partial charge in [0, 0.05) is 11.5 Å². The predicted molar refractivity (Wildman–Crippen MR) is 57.7 cm³/mol. The molecule has 5 heteroatoms. The summed E-state index contributed by atoms with van der Waals surface area (Å²) in [4.78, 5) is 4.04. The second-order valence-electron chi connectivity index (χ2n) is 3.05. The summed E-state index contributed by atoms with van der Waals surface area (Å²) < 4.78 is 18.1. The van der Waals surface area contributed by atoms with Crippen LogP contribution in [0.3, 0.4) is 0 Å². The van der Waals surface area contributed by atoms with E-state index >= 15 is 0 Å². The van der Waals surface area contributed by atoms with Gasteiger partial charge in [0.2, 0.25) is 0 Å². The van der Waals surface area contributed by atoms with Gasteiger partial charge in [-0.3, -0.25) is 0 Å². The normalized spacial score (nSPS) is 10.6. The van der Waals surface area contributed by atoms with E-state index in [-0.39, 0.29) is 5.15 Å². The van der Waals surface area contributed by atoms with Crippen molar-refractivity contribution >= 4 is 28.2 Å². The first-order valence-corrected chi connectivity index (χ1v) is 4.59. The third-order valence-corrected chi connectivity index (χ3v) is 2.35. The molecule has 78 valence electrons. The van der Waals surface area contributed by atoms with E-state index in [9.17, 15) is 4.39 Å². The van der Waals surface area contributed by atoms with Crippen molar-refractivity contribution in [3.8, 4) is 5.75 Å². The lowest BCUT2D eigenvalue weighted by molar-refractivity contribution is 0.415. The summed E-state index contributed by atoms with van der Waals surface area (Å²) in [7, 11) is 1.44. The number of anilines is 1. The van der Waals surface area contributed by atoms with Crippen LogP contribution in [-0.4, -0.2) is 12.1 Å². The molecule has 0 unspecified atom stereocenters. The van der Waals surface area contributed by atoms with Crippen molar-refractivity contribution in [1.82, 2.24) is 4.98 Å². The molecule has 0 bridgehead atoms. The van der Waals surface area contributed by atoms with Gasteiger partial charge in [-0.05, 0) is 12.1 Å². The second kappa shape index (κ2) is 3.55. The molecule has 2 N–H and O–H groups in total. The number of benzene rings is 1. The molecule has 0 aliphatic heterocycles. The Labute approximate surface area is 90.6 Å². The number of nitrogen functional groups attached to an aromatic ring is 1. The van der Waals surface area contributed by atoms with E-state index < -0.39 is 5.82 Å². The average Bonchev–Trinajstić information content (AvgIpc) is 2.19. The number of fused-ring (bicyclic) bond motifs is 1. The fourth-order valence-corrected chi connectivity index (χ4v) is 1.51. The Kier molecular flexibility index (Phi) is 2.36. The summed E-state index contributed by atoms with van der Waals surface area (Å²) in [6.07, 6.45) is 0. The Balaban J connectivity index is 2.84. The van der Waals surface area contributed by atoms with Crippen LogP contribution in [0.2, 0.25) is 5.15 Å². The Morgan fingerprint density at radius 1 is 1.40 bits per heavy atom. The van der Waals surface area contributed by atoms with Crippen LogP contribution < -0.4 is 10.5 Å². The van der Waals surface area contributed by atoms with E-state index in [1.54, 1.807) is 6.07 Å². The second-order valence-corrected chi connectivity index (χ2v) is 3.41. The molecule has 3 nitrogen and oxygen atoms in total. The molecule has 0 amide bonds. The van der Waals surface area contributed by atoms with Gasteiger partial charge < -0.3 is 10.5 Å². The topological polar surface area (TPSA) is 48.1 Å². The molecule has 0 saturated heterocycles. The summed E-state index contributed by atoms with van der Waals surface area (Å²) in [6, 6.07) is 4.15. The number of rotatable bonds is 1. The highest BCUT2D eigenvalue weighted by atomic mass is 35.5. The lowest BCUT2D eigenvalue weighted by Crippen LogP contribution is -1.94. The summed E-state index contributed by atoms with van der Waals surface area (Å²) in [5, 5.41) is 0.751. The third-order valence-electron chi connectivity index (χ3n) is 2.05. The molecule has 0 spiro atoms. The van der Waals surface area contributed by atoms with Crippen LogP contribution in [-0.2, 0) is 0 Å². The largest absolute Gasteiger partial charge is 0.494 e. The fourth-order valence-electron chi connectivity index (χ4n) is 1.37. The number of aromatic nitrogens is 1. The van der Waals surface area contributed by atoms with Gasteiger partial charge in [0.25, 0.3) is 0 Å². The number of hydrogen-bond donors (Lipinski definition) is 1. The first kappa shape index (κ1) is 9.98. The molecule has 0 saturated carbocycles. The maximum Gasteiger partial charge on any atom is 0.152 e. The number of ether oxygens (including phenoxy) is 1. The number of halogens is 2. The van der Waals surface area contributed by atoms with Gasteiger partial charge in [-0.2, -0.15) is 0 Å². The summed E-state index contributed by atoms with van der Waals surface area (Å²) in [6.45, 7) is 0. The van der Waals surface area contributed by atoms with Crippen LogP contribution in [0.4, 0.5) is 10.1 Å². The van der Waals surface area contributed by atoms with Crippen molar-refractivity contribution in [1.29, 1.82) is 0 Å². The zero-order valence-corrected chi connectivity index (χ0v) is 8.68. The minimum atomic E-state index is -0.400. The lowest BCUT2D eigenvalue weighted by Gasteiger charge is -2.06. The van der Waals surface area contributed by atoms with Gasteiger partial charge in [0.05, 0.1) is 12.8 Å². The van der Waals surface area contributed by atoms with E-state index in [0.717, 1.165) is 0 Å². The number of pyridine rings is 1. The van der Waals surface area contributed by atoms with Crippen molar-refractivity contribution in [2.45, 2.75) is 0 Å². The molecule has 15 heavy (non-hydrogen) atoms. The van der Waals surface area contributed by atoms with Crippen LogP contribution in [0.25, 0.3) is 10.9 Å². The molecule has 1 aromatic heterocycles. The zero-order chi connectivity index (χ0) is 11.0.